The first kappa shape index (κ1) is 8.88. The van der Waals surface area contributed by atoms with Gasteiger partial charge in [0.2, 0.25) is 3.79 Å². The van der Waals surface area contributed by atoms with Crippen molar-refractivity contribution in [2.45, 2.75) is 15.8 Å². The molecule has 0 aromatic rings. The van der Waals surface area contributed by atoms with Gasteiger partial charge in [0.05, 0.1) is 0 Å². The van der Waals surface area contributed by atoms with Gasteiger partial charge in [0.25, 0.3) is 0 Å². The second-order valence-corrected chi connectivity index (χ2v) is 4.74. The van der Waals surface area contributed by atoms with E-state index in [2.05, 4.69) is 5.32 Å². The van der Waals surface area contributed by atoms with Crippen molar-refractivity contribution in [3.63, 3.8) is 0 Å². The summed E-state index contributed by atoms with van der Waals surface area (Å²) in [6.07, 6.45) is 0.490. The van der Waals surface area contributed by atoms with E-state index in [1.807, 2.05) is 0 Å². The quantitative estimate of drug-likeness (QED) is 0.579. The van der Waals surface area contributed by atoms with Gasteiger partial charge in [-0.3, -0.25) is 0 Å². The van der Waals surface area contributed by atoms with Crippen molar-refractivity contribution in [3.8, 4) is 0 Å². The molecule has 0 aromatic heterocycles. The number of nitrogens with one attached hydrogen (secondary N) is 1. The fraction of sp³-hybridized carbons (Fsp3) is 1.00. The molecule has 1 atom stereocenters. The minimum atomic E-state index is -1.57. The standard InChI is InChI=1S/C5H8Cl3NO/c6-5(7,8)4(10)1-2-9-3-4/h9-10H,1-3H2. The van der Waals surface area contributed by atoms with Gasteiger partial charge in [-0.2, -0.15) is 0 Å². The number of alkyl halides is 3. The number of aliphatic hydroxyl groups is 1. The number of β-amino-alcohol motifs (C(OH)–C–C–N with tert-alkyl or cyclic N) is 1. The molecule has 0 aliphatic carbocycles. The molecule has 0 aromatic carbocycles. The summed E-state index contributed by atoms with van der Waals surface area (Å²) >= 11 is 16.6. The highest BCUT2D eigenvalue weighted by atomic mass is 35.6. The van der Waals surface area contributed by atoms with Crippen molar-refractivity contribution < 1.29 is 5.11 Å². The summed E-state index contributed by atoms with van der Waals surface area (Å²) < 4.78 is -1.57. The Balaban J connectivity index is 2.67. The van der Waals surface area contributed by atoms with Crippen LogP contribution in [0.25, 0.3) is 0 Å². The second-order valence-electron chi connectivity index (χ2n) is 2.46. The zero-order valence-corrected chi connectivity index (χ0v) is 7.47. The molecule has 5 heteroatoms. The van der Waals surface area contributed by atoms with Gasteiger partial charge in [-0.15, -0.1) is 0 Å². The molecule has 0 saturated carbocycles. The maximum Gasteiger partial charge on any atom is 0.220 e. The molecule has 1 saturated heterocycles. The van der Waals surface area contributed by atoms with Crippen LogP contribution in [0.5, 0.6) is 0 Å². The molecule has 1 heterocycles. The monoisotopic (exact) mass is 203 g/mol. The lowest BCUT2D eigenvalue weighted by Crippen LogP contribution is -2.44. The molecule has 1 fully saturated rings. The first-order chi connectivity index (χ1) is 4.46. The molecule has 2 N–H and O–H groups in total. The summed E-state index contributed by atoms with van der Waals surface area (Å²) in [4.78, 5) is 0. The van der Waals surface area contributed by atoms with Gasteiger partial charge in [0, 0.05) is 6.54 Å². The number of hydrogen-bond acceptors (Lipinski definition) is 2. The molecule has 1 rings (SSSR count). The molecule has 0 bridgehead atoms. The van der Waals surface area contributed by atoms with Crippen molar-refractivity contribution in [2.24, 2.45) is 0 Å². The molecular formula is C5H8Cl3NO. The Hall–Kier alpha value is 0.790. The second kappa shape index (κ2) is 2.68. The van der Waals surface area contributed by atoms with Crippen molar-refractivity contribution in [3.05, 3.63) is 0 Å². The molecule has 1 unspecified atom stereocenters. The lowest BCUT2D eigenvalue weighted by Gasteiger charge is -2.28. The zero-order chi connectivity index (χ0) is 7.83. The van der Waals surface area contributed by atoms with E-state index in [1.165, 1.54) is 0 Å². The van der Waals surface area contributed by atoms with Crippen LogP contribution in [0, 0.1) is 0 Å². The van der Waals surface area contributed by atoms with Crippen LogP contribution in [0.1, 0.15) is 6.42 Å². The maximum atomic E-state index is 9.57. The summed E-state index contributed by atoms with van der Waals surface area (Å²) in [6, 6.07) is 0. The molecular weight excluding hydrogens is 196 g/mol. The summed E-state index contributed by atoms with van der Waals surface area (Å²) in [6.45, 7) is 1.05. The van der Waals surface area contributed by atoms with E-state index < -0.39 is 9.39 Å². The highest BCUT2D eigenvalue weighted by Crippen LogP contribution is 2.41. The van der Waals surface area contributed by atoms with Crippen LogP contribution in [-0.2, 0) is 0 Å². The van der Waals surface area contributed by atoms with Crippen molar-refractivity contribution >= 4 is 34.8 Å². The highest BCUT2D eigenvalue weighted by Gasteiger charge is 2.48. The highest BCUT2D eigenvalue weighted by molar-refractivity contribution is 6.68. The number of halogens is 3. The fourth-order valence-corrected chi connectivity index (χ4v) is 1.40. The Morgan fingerprint density at radius 3 is 2.20 bits per heavy atom. The molecule has 60 valence electrons. The molecule has 0 amide bonds. The van der Waals surface area contributed by atoms with Crippen LogP contribution in [-0.4, -0.2) is 27.6 Å². The minimum absolute atomic E-state index is 0.351. The lowest BCUT2D eigenvalue weighted by molar-refractivity contribution is 0.0655. The van der Waals surface area contributed by atoms with Crippen LogP contribution in [0.3, 0.4) is 0 Å². The Morgan fingerprint density at radius 1 is 1.40 bits per heavy atom. The van der Waals surface area contributed by atoms with Crippen molar-refractivity contribution in [1.82, 2.24) is 5.32 Å². The summed E-state index contributed by atoms with van der Waals surface area (Å²) in [5.41, 5.74) is -1.18. The molecule has 0 radical (unpaired) electrons. The van der Waals surface area contributed by atoms with E-state index in [-0.39, 0.29) is 0 Å². The van der Waals surface area contributed by atoms with E-state index in [0.29, 0.717) is 19.5 Å². The minimum Gasteiger partial charge on any atom is -0.384 e. The Bertz CT molecular complexity index is 127. The van der Waals surface area contributed by atoms with Gasteiger partial charge in [-0.25, -0.2) is 0 Å². The maximum absolute atomic E-state index is 9.57. The average molecular weight is 204 g/mol. The molecule has 2 nitrogen and oxygen atoms in total. The summed E-state index contributed by atoms with van der Waals surface area (Å²) in [7, 11) is 0. The van der Waals surface area contributed by atoms with Gasteiger partial charge in [-0.05, 0) is 13.0 Å². The third kappa shape index (κ3) is 1.51. The fourth-order valence-electron chi connectivity index (χ4n) is 0.921. The number of rotatable bonds is 0. The van der Waals surface area contributed by atoms with Crippen LogP contribution in [0.2, 0.25) is 0 Å². The third-order valence-electron chi connectivity index (χ3n) is 1.66. The Morgan fingerprint density at radius 2 is 2.00 bits per heavy atom. The SMILES string of the molecule is OC1(C(Cl)(Cl)Cl)CCNC1. The lowest BCUT2D eigenvalue weighted by atomic mass is 10.1. The molecule has 1 aliphatic heterocycles. The van der Waals surface area contributed by atoms with E-state index in [0.717, 1.165) is 0 Å². The van der Waals surface area contributed by atoms with Crippen molar-refractivity contribution in [2.75, 3.05) is 13.1 Å². The normalized spacial score (nSPS) is 34.8. The van der Waals surface area contributed by atoms with Gasteiger partial charge < -0.3 is 10.4 Å². The first-order valence-corrected chi connectivity index (χ1v) is 4.09. The summed E-state index contributed by atoms with van der Waals surface area (Å²) in [5, 5.41) is 12.5. The van der Waals surface area contributed by atoms with Gasteiger partial charge in [-0.1, -0.05) is 34.8 Å². The zero-order valence-electron chi connectivity index (χ0n) is 5.20. The molecule has 0 spiro atoms. The van der Waals surface area contributed by atoms with Crippen LogP contribution >= 0.6 is 34.8 Å². The van der Waals surface area contributed by atoms with Crippen LogP contribution in [0.4, 0.5) is 0 Å². The van der Waals surface area contributed by atoms with E-state index in [1.54, 1.807) is 0 Å². The Labute approximate surface area is 74.4 Å². The first-order valence-electron chi connectivity index (χ1n) is 2.95. The van der Waals surface area contributed by atoms with Crippen LogP contribution in [0.15, 0.2) is 0 Å². The van der Waals surface area contributed by atoms with E-state index >= 15 is 0 Å². The predicted octanol–water partition coefficient (Wildman–Crippen LogP) is 1.08. The molecule has 1 aliphatic rings. The van der Waals surface area contributed by atoms with Crippen molar-refractivity contribution in [1.29, 1.82) is 0 Å². The molecule has 10 heavy (non-hydrogen) atoms. The number of hydrogen-bond donors (Lipinski definition) is 2. The Kier molecular flexibility index (Phi) is 2.38. The van der Waals surface area contributed by atoms with Gasteiger partial charge in [0.15, 0.2) is 0 Å². The smallest absolute Gasteiger partial charge is 0.220 e. The van der Waals surface area contributed by atoms with Crippen LogP contribution < -0.4 is 5.32 Å². The third-order valence-corrected chi connectivity index (χ3v) is 2.72. The van der Waals surface area contributed by atoms with Gasteiger partial charge in [0.1, 0.15) is 5.60 Å². The van der Waals surface area contributed by atoms with Gasteiger partial charge >= 0.3 is 0 Å². The summed E-state index contributed by atoms with van der Waals surface area (Å²) in [5.74, 6) is 0. The predicted molar refractivity (Wildman–Crippen MR) is 42.7 cm³/mol. The average Bonchev–Trinajstić information content (AvgIpc) is 2.13. The topological polar surface area (TPSA) is 32.3 Å². The van der Waals surface area contributed by atoms with E-state index in [4.69, 9.17) is 34.8 Å². The van der Waals surface area contributed by atoms with E-state index in [9.17, 15) is 5.11 Å². The largest absolute Gasteiger partial charge is 0.384 e.